The molecule has 0 saturated carbocycles. The molecule has 0 spiro atoms. The topological polar surface area (TPSA) is 48.7 Å². The number of hydrogen-bond acceptors (Lipinski definition) is 3. The lowest BCUT2D eigenvalue weighted by molar-refractivity contribution is 0.531. The molecule has 14 heavy (non-hydrogen) atoms. The Labute approximate surface area is 83.8 Å². The summed E-state index contributed by atoms with van der Waals surface area (Å²) >= 11 is 0. The molecule has 1 N–H and O–H groups in total. The highest BCUT2D eigenvalue weighted by Crippen LogP contribution is 2.27. The first-order valence-electron chi connectivity index (χ1n) is 4.92. The van der Waals surface area contributed by atoms with E-state index in [9.17, 15) is 0 Å². The van der Waals surface area contributed by atoms with Gasteiger partial charge in [-0.2, -0.15) is 5.26 Å². The van der Waals surface area contributed by atoms with Crippen molar-refractivity contribution >= 4 is 0 Å². The van der Waals surface area contributed by atoms with E-state index in [0.717, 1.165) is 25.1 Å². The summed E-state index contributed by atoms with van der Waals surface area (Å²) < 4.78 is 0. The van der Waals surface area contributed by atoms with Crippen molar-refractivity contribution in [2.75, 3.05) is 13.1 Å². The second kappa shape index (κ2) is 4.21. The number of hydrogen-bond donors (Lipinski definition) is 1. The molecule has 2 heterocycles. The van der Waals surface area contributed by atoms with E-state index in [2.05, 4.69) is 16.4 Å². The van der Waals surface area contributed by atoms with Gasteiger partial charge in [-0.1, -0.05) is 0 Å². The molecule has 1 aromatic rings. The van der Waals surface area contributed by atoms with Gasteiger partial charge in [-0.25, -0.2) is 0 Å². The molecule has 0 radical (unpaired) electrons. The summed E-state index contributed by atoms with van der Waals surface area (Å²) in [5, 5.41) is 12.4. The van der Waals surface area contributed by atoms with E-state index in [1.807, 2.05) is 12.1 Å². The number of pyridine rings is 1. The van der Waals surface area contributed by atoms with Crippen LogP contribution in [0.25, 0.3) is 0 Å². The molecular weight excluding hydrogens is 174 g/mol. The van der Waals surface area contributed by atoms with Crippen LogP contribution < -0.4 is 5.32 Å². The lowest BCUT2D eigenvalue weighted by Crippen LogP contribution is -2.15. The van der Waals surface area contributed by atoms with Crippen LogP contribution in [0.5, 0.6) is 0 Å². The lowest BCUT2D eigenvalue weighted by Gasteiger charge is -2.15. The van der Waals surface area contributed by atoms with E-state index >= 15 is 0 Å². The monoisotopic (exact) mass is 187 g/mol. The van der Waals surface area contributed by atoms with Gasteiger partial charge in [0.2, 0.25) is 0 Å². The highest BCUT2D eigenvalue weighted by atomic mass is 14.9. The highest BCUT2D eigenvalue weighted by molar-refractivity contribution is 5.23. The molecule has 1 fully saturated rings. The van der Waals surface area contributed by atoms with Gasteiger partial charge in [0.25, 0.3) is 0 Å². The van der Waals surface area contributed by atoms with E-state index in [4.69, 9.17) is 5.26 Å². The Morgan fingerprint density at radius 1 is 1.50 bits per heavy atom. The second-order valence-corrected chi connectivity index (χ2v) is 3.64. The van der Waals surface area contributed by atoms with Gasteiger partial charge >= 0.3 is 0 Å². The molecule has 0 aromatic carbocycles. The fourth-order valence-corrected chi connectivity index (χ4v) is 1.98. The van der Waals surface area contributed by atoms with Crippen molar-refractivity contribution in [1.29, 1.82) is 5.26 Å². The standard InChI is InChI=1S/C11H13N3/c12-7-11(10-3-6-14-8-10)9-1-4-13-5-2-9/h1-2,4-5,10-11,14H,3,6,8H2. The van der Waals surface area contributed by atoms with E-state index in [1.165, 1.54) is 0 Å². The van der Waals surface area contributed by atoms with E-state index in [1.54, 1.807) is 12.4 Å². The van der Waals surface area contributed by atoms with Crippen LogP contribution in [-0.4, -0.2) is 18.1 Å². The minimum atomic E-state index is 0.0213. The number of nitrogens with one attached hydrogen (secondary N) is 1. The van der Waals surface area contributed by atoms with E-state index < -0.39 is 0 Å². The predicted molar refractivity (Wildman–Crippen MR) is 53.6 cm³/mol. The maximum absolute atomic E-state index is 9.14. The lowest BCUT2D eigenvalue weighted by atomic mass is 9.87. The number of rotatable bonds is 2. The molecule has 0 aliphatic carbocycles. The molecule has 1 aliphatic heterocycles. The Bertz CT molecular complexity index is 322. The smallest absolute Gasteiger partial charge is 0.0754 e. The molecule has 3 nitrogen and oxygen atoms in total. The zero-order valence-electron chi connectivity index (χ0n) is 7.98. The Balaban J connectivity index is 2.18. The summed E-state index contributed by atoms with van der Waals surface area (Å²) in [6.07, 6.45) is 4.60. The summed E-state index contributed by atoms with van der Waals surface area (Å²) in [5.41, 5.74) is 1.09. The summed E-state index contributed by atoms with van der Waals surface area (Å²) in [6.45, 7) is 1.99. The van der Waals surface area contributed by atoms with Gasteiger partial charge in [-0.15, -0.1) is 0 Å². The SMILES string of the molecule is N#CC(c1ccncc1)C1CCNC1. The first-order chi connectivity index (χ1) is 6.92. The molecular formula is C11H13N3. The summed E-state index contributed by atoms with van der Waals surface area (Å²) in [6, 6.07) is 6.27. The maximum atomic E-state index is 9.14. The Hall–Kier alpha value is -1.40. The van der Waals surface area contributed by atoms with Crippen LogP contribution in [0.15, 0.2) is 24.5 Å². The van der Waals surface area contributed by atoms with Crippen molar-refractivity contribution in [2.45, 2.75) is 12.3 Å². The van der Waals surface area contributed by atoms with Gasteiger partial charge in [0.15, 0.2) is 0 Å². The first kappa shape index (κ1) is 9.17. The molecule has 2 rings (SSSR count). The Kier molecular flexibility index (Phi) is 2.76. The molecule has 72 valence electrons. The van der Waals surface area contributed by atoms with Crippen LogP contribution in [0, 0.1) is 17.2 Å². The van der Waals surface area contributed by atoms with Gasteiger partial charge < -0.3 is 5.32 Å². The average Bonchev–Trinajstić information content (AvgIpc) is 2.74. The normalized spacial score (nSPS) is 22.9. The molecule has 2 unspecified atom stereocenters. The van der Waals surface area contributed by atoms with Crippen molar-refractivity contribution in [1.82, 2.24) is 10.3 Å². The van der Waals surface area contributed by atoms with E-state index in [-0.39, 0.29) is 5.92 Å². The minimum absolute atomic E-state index is 0.0213. The van der Waals surface area contributed by atoms with Crippen LogP contribution in [-0.2, 0) is 0 Å². The Morgan fingerprint density at radius 3 is 2.86 bits per heavy atom. The van der Waals surface area contributed by atoms with Gasteiger partial charge in [0.05, 0.1) is 12.0 Å². The van der Waals surface area contributed by atoms with Crippen LogP contribution in [0.1, 0.15) is 17.9 Å². The highest BCUT2D eigenvalue weighted by Gasteiger charge is 2.25. The third kappa shape index (κ3) is 1.75. The maximum Gasteiger partial charge on any atom is 0.0754 e. The molecule has 1 saturated heterocycles. The zero-order chi connectivity index (χ0) is 9.80. The van der Waals surface area contributed by atoms with Crippen molar-refractivity contribution in [2.24, 2.45) is 5.92 Å². The molecule has 1 aliphatic rings. The molecule has 0 bridgehead atoms. The minimum Gasteiger partial charge on any atom is -0.316 e. The Morgan fingerprint density at radius 2 is 2.29 bits per heavy atom. The number of nitriles is 1. The quantitative estimate of drug-likeness (QED) is 0.759. The third-order valence-corrected chi connectivity index (χ3v) is 2.77. The third-order valence-electron chi connectivity index (χ3n) is 2.77. The second-order valence-electron chi connectivity index (χ2n) is 3.64. The molecule has 1 aromatic heterocycles. The predicted octanol–water partition coefficient (Wildman–Crippen LogP) is 1.30. The average molecular weight is 187 g/mol. The summed E-state index contributed by atoms with van der Waals surface area (Å²) in [4.78, 5) is 3.96. The first-order valence-corrected chi connectivity index (χ1v) is 4.92. The van der Waals surface area contributed by atoms with Crippen molar-refractivity contribution in [3.63, 3.8) is 0 Å². The van der Waals surface area contributed by atoms with Gasteiger partial charge in [0.1, 0.15) is 0 Å². The van der Waals surface area contributed by atoms with Gasteiger partial charge in [0, 0.05) is 12.4 Å². The van der Waals surface area contributed by atoms with Crippen molar-refractivity contribution in [3.8, 4) is 6.07 Å². The van der Waals surface area contributed by atoms with Crippen LogP contribution in [0.4, 0.5) is 0 Å². The van der Waals surface area contributed by atoms with Crippen LogP contribution in [0.3, 0.4) is 0 Å². The van der Waals surface area contributed by atoms with Crippen molar-refractivity contribution < 1.29 is 0 Å². The molecule has 0 amide bonds. The van der Waals surface area contributed by atoms with Crippen molar-refractivity contribution in [3.05, 3.63) is 30.1 Å². The number of aromatic nitrogens is 1. The molecule has 2 atom stereocenters. The fraction of sp³-hybridized carbons (Fsp3) is 0.455. The summed E-state index contributed by atoms with van der Waals surface area (Å²) in [5.74, 6) is 0.482. The van der Waals surface area contributed by atoms with Gasteiger partial charge in [-0.05, 0) is 43.1 Å². The van der Waals surface area contributed by atoms with Crippen LogP contribution in [0.2, 0.25) is 0 Å². The number of nitrogens with zero attached hydrogens (tertiary/aromatic N) is 2. The zero-order valence-corrected chi connectivity index (χ0v) is 7.98. The van der Waals surface area contributed by atoms with Crippen LogP contribution >= 0.6 is 0 Å². The van der Waals surface area contributed by atoms with Gasteiger partial charge in [-0.3, -0.25) is 4.98 Å². The summed E-state index contributed by atoms with van der Waals surface area (Å²) in [7, 11) is 0. The molecule has 3 heteroatoms. The largest absolute Gasteiger partial charge is 0.316 e. The fourth-order valence-electron chi connectivity index (χ4n) is 1.98. The van der Waals surface area contributed by atoms with E-state index in [0.29, 0.717) is 5.92 Å².